The van der Waals surface area contributed by atoms with Crippen molar-refractivity contribution in [1.29, 1.82) is 0 Å². The van der Waals surface area contributed by atoms with E-state index in [0.29, 0.717) is 11.5 Å². The summed E-state index contributed by atoms with van der Waals surface area (Å²) in [4.78, 5) is 12.3. The van der Waals surface area contributed by atoms with Gasteiger partial charge in [0, 0.05) is 18.0 Å². The fourth-order valence-corrected chi connectivity index (χ4v) is 2.58. The van der Waals surface area contributed by atoms with Crippen molar-refractivity contribution in [2.24, 2.45) is 5.92 Å². The van der Waals surface area contributed by atoms with E-state index in [9.17, 15) is 4.79 Å². The number of fused-ring (bicyclic) bond motifs is 1. The second-order valence-electron chi connectivity index (χ2n) is 5.20. The van der Waals surface area contributed by atoms with Crippen LogP contribution in [0.4, 0.5) is 0 Å². The van der Waals surface area contributed by atoms with E-state index in [1.807, 2.05) is 24.3 Å². The number of nitrogens with one attached hydrogen (secondary N) is 2. The lowest BCUT2D eigenvalue weighted by molar-refractivity contribution is 0.0916. The van der Waals surface area contributed by atoms with E-state index in [1.165, 1.54) is 0 Å². The highest BCUT2D eigenvalue weighted by Crippen LogP contribution is 2.21. The molecule has 108 valence electrons. The smallest absolute Gasteiger partial charge is 0.255 e. The minimum atomic E-state index is -0.0505. The molecule has 1 saturated heterocycles. The number of hydrogen-bond donors (Lipinski definition) is 2. The molecule has 0 radical (unpaired) electrons. The van der Waals surface area contributed by atoms with Crippen LogP contribution in [0.3, 0.4) is 0 Å². The number of halogens is 1. The molecule has 2 unspecified atom stereocenters. The van der Waals surface area contributed by atoms with Crippen molar-refractivity contribution in [2.45, 2.75) is 19.4 Å². The quantitative estimate of drug-likeness (QED) is 0.895. The van der Waals surface area contributed by atoms with Gasteiger partial charge in [0.1, 0.15) is 11.8 Å². The van der Waals surface area contributed by atoms with E-state index in [1.54, 1.807) is 6.26 Å². The van der Waals surface area contributed by atoms with Gasteiger partial charge < -0.3 is 15.1 Å². The zero-order valence-electron chi connectivity index (χ0n) is 11.4. The second kappa shape index (κ2) is 6.29. The van der Waals surface area contributed by atoms with E-state index < -0.39 is 0 Å². The molecule has 20 heavy (non-hydrogen) atoms. The van der Waals surface area contributed by atoms with E-state index in [4.69, 9.17) is 4.42 Å². The third-order valence-electron chi connectivity index (χ3n) is 3.87. The van der Waals surface area contributed by atoms with Gasteiger partial charge in [-0.1, -0.05) is 25.1 Å². The molecule has 1 fully saturated rings. The fraction of sp³-hybridized carbons (Fsp3) is 0.400. The maximum Gasteiger partial charge on any atom is 0.255 e. The number of carbonyl (C=O) groups is 1. The largest absolute Gasteiger partial charge is 0.463 e. The summed E-state index contributed by atoms with van der Waals surface area (Å²) in [5.74, 6) is 0.453. The number of benzene rings is 1. The van der Waals surface area contributed by atoms with Crippen molar-refractivity contribution >= 4 is 29.3 Å². The summed E-state index contributed by atoms with van der Waals surface area (Å²) in [6.45, 7) is 4.05. The summed E-state index contributed by atoms with van der Waals surface area (Å²) in [6.07, 6.45) is 2.64. The van der Waals surface area contributed by atoms with Gasteiger partial charge in [0.15, 0.2) is 0 Å². The van der Waals surface area contributed by atoms with Crippen molar-refractivity contribution in [1.82, 2.24) is 10.6 Å². The summed E-state index contributed by atoms with van der Waals surface area (Å²) >= 11 is 0. The van der Waals surface area contributed by atoms with Crippen LogP contribution in [0.15, 0.2) is 34.9 Å². The number of furan rings is 1. The van der Waals surface area contributed by atoms with Crippen molar-refractivity contribution in [2.75, 3.05) is 13.1 Å². The van der Waals surface area contributed by atoms with Gasteiger partial charge in [-0.15, -0.1) is 12.4 Å². The lowest BCUT2D eigenvalue weighted by Crippen LogP contribution is -2.50. The lowest BCUT2D eigenvalue weighted by atomic mass is 9.94. The number of carbonyl (C=O) groups excluding carboxylic acids is 1. The molecule has 5 heteroatoms. The summed E-state index contributed by atoms with van der Waals surface area (Å²) in [6, 6.07) is 7.79. The van der Waals surface area contributed by atoms with Gasteiger partial charge in [-0.25, -0.2) is 0 Å². The number of para-hydroxylation sites is 1. The number of piperidine rings is 1. The Morgan fingerprint density at radius 2 is 2.20 bits per heavy atom. The van der Waals surface area contributed by atoms with Gasteiger partial charge in [0.05, 0.1) is 5.56 Å². The standard InChI is InChI=1S/C15H18N2O2.ClH/c1-10-6-7-16-8-13(10)17-15(18)12-9-19-14-5-3-2-4-11(12)14;/h2-5,9-10,13,16H,6-8H2,1H3,(H,17,18);1H. The van der Waals surface area contributed by atoms with Crippen LogP contribution in [0.5, 0.6) is 0 Å². The number of hydrogen-bond acceptors (Lipinski definition) is 3. The number of amides is 1. The molecule has 1 aromatic heterocycles. The Hall–Kier alpha value is -1.52. The molecule has 3 rings (SSSR count). The maximum absolute atomic E-state index is 12.3. The van der Waals surface area contributed by atoms with Crippen molar-refractivity contribution in [3.8, 4) is 0 Å². The zero-order valence-corrected chi connectivity index (χ0v) is 12.2. The highest BCUT2D eigenvalue weighted by Gasteiger charge is 2.24. The molecule has 0 saturated carbocycles. The Bertz CT molecular complexity index is 596. The number of rotatable bonds is 2. The Balaban J connectivity index is 0.00000147. The van der Waals surface area contributed by atoms with Crippen LogP contribution in [-0.2, 0) is 0 Å². The first kappa shape index (κ1) is 14.9. The summed E-state index contributed by atoms with van der Waals surface area (Å²) < 4.78 is 5.41. The fourth-order valence-electron chi connectivity index (χ4n) is 2.58. The lowest BCUT2D eigenvalue weighted by Gasteiger charge is -2.30. The molecule has 4 nitrogen and oxygen atoms in total. The van der Waals surface area contributed by atoms with Crippen LogP contribution in [0.2, 0.25) is 0 Å². The monoisotopic (exact) mass is 294 g/mol. The Kier molecular flexibility index (Phi) is 4.68. The molecule has 0 bridgehead atoms. The minimum Gasteiger partial charge on any atom is -0.463 e. The normalized spacial score (nSPS) is 22.2. The molecule has 2 N–H and O–H groups in total. The first-order chi connectivity index (χ1) is 9.25. The Morgan fingerprint density at radius 1 is 1.40 bits per heavy atom. The van der Waals surface area contributed by atoms with Crippen LogP contribution in [0.25, 0.3) is 11.0 Å². The molecule has 1 aliphatic heterocycles. The molecule has 2 atom stereocenters. The third kappa shape index (κ3) is 2.81. The van der Waals surface area contributed by atoms with Crippen molar-refractivity contribution in [3.05, 3.63) is 36.1 Å². The van der Waals surface area contributed by atoms with E-state index in [2.05, 4.69) is 17.6 Å². The van der Waals surface area contributed by atoms with Crippen LogP contribution in [-0.4, -0.2) is 25.0 Å². The van der Waals surface area contributed by atoms with E-state index >= 15 is 0 Å². The molecule has 0 aliphatic carbocycles. The molecule has 0 spiro atoms. The highest BCUT2D eigenvalue weighted by molar-refractivity contribution is 6.06. The first-order valence-corrected chi connectivity index (χ1v) is 6.73. The molecule has 2 heterocycles. The van der Waals surface area contributed by atoms with E-state index in [-0.39, 0.29) is 24.4 Å². The third-order valence-corrected chi connectivity index (χ3v) is 3.87. The predicted molar refractivity (Wildman–Crippen MR) is 81.4 cm³/mol. The minimum absolute atomic E-state index is 0. The first-order valence-electron chi connectivity index (χ1n) is 6.73. The van der Waals surface area contributed by atoms with Gasteiger partial charge in [-0.3, -0.25) is 4.79 Å². The van der Waals surface area contributed by atoms with Crippen molar-refractivity contribution < 1.29 is 9.21 Å². The van der Waals surface area contributed by atoms with Crippen molar-refractivity contribution in [3.63, 3.8) is 0 Å². The maximum atomic E-state index is 12.3. The van der Waals surface area contributed by atoms with Crippen LogP contribution in [0.1, 0.15) is 23.7 Å². The second-order valence-corrected chi connectivity index (χ2v) is 5.20. The average Bonchev–Trinajstić information content (AvgIpc) is 2.85. The molecule has 1 amide bonds. The SMILES string of the molecule is CC1CCNCC1NC(=O)c1coc2ccccc12.Cl. The van der Waals surface area contributed by atoms with Gasteiger partial charge >= 0.3 is 0 Å². The topological polar surface area (TPSA) is 54.3 Å². The van der Waals surface area contributed by atoms with Crippen LogP contribution >= 0.6 is 12.4 Å². The van der Waals surface area contributed by atoms with Crippen LogP contribution in [0, 0.1) is 5.92 Å². The molecule has 2 aromatic rings. The molecular formula is C15H19ClN2O2. The molecule has 1 aromatic carbocycles. The Labute approximate surface area is 124 Å². The van der Waals surface area contributed by atoms with Crippen LogP contribution < -0.4 is 10.6 Å². The summed E-state index contributed by atoms with van der Waals surface area (Å²) in [7, 11) is 0. The van der Waals surface area contributed by atoms with Gasteiger partial charge in [-0.2, -0.15) is 0 Å². The summed E-state index contributed by atoms with van der Waals surface area (Å²) in [5.41, 5.74) is 1.37. The summed E-state index contributed by atoms with van der Waals surface area (Å²) in [5, 5.41) is 7.29. The average molecular weight is 295 g/mol. The van der Waals surface area contributed by atoms with Gasteiger partial charge in [-0.05, 0) is 24.9 Å². The molecule has 1 aliphatic rings. The van der Waals surface area contributed by atoms with E-state index in [0.717, 1.165) is 30.5 Å². The molecular weight excluding hydrogens is 276 g/mol. The van der Waals surface area contributed by atoms with Gasteiger partial charge in [0.25, 0.3) is 5.91 Å². The Morgan fingerprint density at radius 3 is 3.00 bits per heavy atom. The predicted octanol–water partition coefficient (Wildman–Crippen LogP) is 2.58. The van der Waals surface area contributed by atoms with Gasteiger partial charge in [0.2, 0.25) is 0 Å². The highest BCUT2D eigenvalue weighted by atomic mass is 35.5. The zero-order chi connectivity index (χ0) is 13.2.